The minimum Gasteiger partial charge on any atom is -0.393 e. The smallest absolute Gasteiger partial charge is 0.226 e. The van der Waals surface area contributed by atoms with Crippen molar-refractivity contribution in [2.45, 2.75) is 32.3 Å². The monoisotopic (exact) mass is 289 g/mol. The van der Waals surface area contributed by atoms with Crippen LogP contribution in [0.1, 0.15) is 26.2 Å². The number of aryl methyl sites for hydroxylation is 1. The summed E-state index contributed by atoms with van der Waals surface area (Å²) >= 11 is 0. The van der Waals surface area contributed by atoms with Crippen molar-refractivity contribution in [3.05, 3.63) is 12.3 Å². The Hall–Kier alpha value is -1.82. The lowest BCUT2D eigenvalue weighted by Gasteiger charge is -2.31. The molecule has 0 amide bonds. The van der Waals surface area contributed by atoms with Gasteiger partial charge in [-0.15, -0.1) is 0 Å². The number of anilines is 2. The summed E-state index contributed by atoms with van der Waals surface area (Å²) in [6, 6.07) is 2.07. The SMILES string of the molecule is CCCNc1nc(N2CCC(O)CC2)c2ccn(C)c2n1. The molecule has 3 rings (SSSR count). The largest absolute Gasteiger partial charge is 0.393 e. The zero-order chi connectivity index (χ0) is 14.8. The molecule has 0 saturated carbocycles. The van der Waals surface area contributed by atoms with Gasteiger partial charge in [-0.2, -0.15) is 9.97 Å². The molecule has 2 aromatic rings. The normalized spacial score (nSPS) is 16.6. The molecule has 0 aliphatic carbocycles. The number of fused-ring (bicyclic) bond motifs is 1. The first-order chi connectivity index (χ1) is 10.2. The van der Waals surface area contributed by atoms with Crippen LogP contribution in [0.25, 0.3) is 11.0 Å². The van der Waals surface area contributed by atoms with Crippen LogP contribution < -0.4 is 10.2 Å². The zero-order valence-corrected chi connectivity index (χ0v) is 12.7. The van der Waals surface area contributed by atoms with Gasteiger partial charge in [0.1, 0.15) is 11.5 Å². The molecule has 1 aliphatic heterocycles. The summed E-state index contributed by atoms with van der Waals surface area (Å²) in [6.07, 6.45) is 4.49. The Balaban J connectivity index is 1.98. The Morgan fingerprint density at radius 3 is 2.81 bits per heavy atom. The first-order valence-electron chi connectivity index (χ1n) is 7.69. The van der Waals surface area contributed by atoms with E-state index in [1.165, 1.54) is 0 Å². The maximum absolute atomic E-state index is 9.69. The number of nitrogens with zero attached hydrogens (tertiary/aromatic N) is 4. The topological polar surface area (TPSA) is 66.2 Å². The van der Waals surface area contributed by atoms with Gasteiger partial charge in [-0.05, 0) is 25.3 Å². The molecule has 1 saturated heterocycles. The summed E-state index contributed by atoms with van der Waals surface area (Å²) in [5.41, 5.74) is 0.949. The molecule has 0 unspecified atom stereocenters. The second-order valence-electron chi connectivity index (χ2n) is 5.68. The molecule has 3 heterocycles. The molecule has 2 aromatic heterocycles. The maximum atomic E-state index is 9.69. The van der Waals surface area contributed by atoms with E-state index in [0.717, 1.165) is 55.7 Å². The summed E-state index contributed by atoms with van der Waals surface area (Å²) in [7, 11) is 2.00. The third-order valence-electron chi connectivity index (χ3n) is 4.00. The molecule has 0 aromatic carbocycles. The number of hydrogen-bond donors (Lipinski definition) is 2. The van der Waals surface area contributed by atoms with E-state index in [4.69, 9.17) is 4.98 Å². The number of aliphatic hydroxyl groups excluding tert-OH is 1. The molecule has 2 N–H and O–H groups in total. The highest BCUT2D eigenvalue weighted by atomic mass is 16.3. The Bertz CT molecular complexity index is 616. The minimum atomic E-state index is -0.174. The van der Waals surface area contributed by atoms with E-state index in [9.17, 15) is 5.11 Å². The molecule has 21 heavy (non-hydrogen) atoms. The van der Waals surface area contributed by atoms with Crippen molar-refractivity contribution < 1.29 is 5.11 Å². The summed E-state index contributed by atoms with van der Waals surface area (Å²) in [4.78, 5) is 11.6. The molecular formula is C15H23N5O. The quantitative estimate of drug-likeness (QED) is 0.897. The summed E-state index contributed by atoms with van der Waals surface area (Å²) in [5.74, 6) is 1.67. The van der Waals surface area contributed by atoms with Crippen molar-refractivity contribution in [2.75, 3.05) is 29.9 Å². The van der Waals surface area contributed by atoms with Crippen LogP contribution in [0.3, 0.4) is 0 Å². The van der Waals surface area contributed by atoms with Gasteiger partial charge < -0.3 is 19.9 Å². The van der Waals surface area contributed by atoms with Crippen molar-refractivity contribution in [3.8, 4) is 0 Å². The Kier molecular flexibility index (Phi) is 3.96. The van der Waals surface area contributed by atoms with Gasteiger partial charge in [0.25, 0.3) is 0 Å². The van der Waals surface area contributed by atoms with E-state index in [0.29, 0.717) is 5.95 Å². The number of hydrogen-bond acceptors (Lipinski definition) is 5. The van der Waals surface area contributed by atoms with E-state index in [1.54, 1.807) is 0 Å². The molecule has 114 valence electrons. The molecule has 0 radical (unpaired) electrons. The fourth-order valence-electron chi connectivity index (χ4n) is 2.76. The molecule has 6 heteroatoms. The van der Waals surface area contributed by atoms with Gasteiger partial charge in [-0.1, -0.05) is 6.92 Å². The first-order valence-corrected chi connectivity index (χ1v) is 7.69. The highest BCUT2D eigenvalue weighted by Gasteiger charge is 2.21. The third kappa shape index (κ3) is 2.81. The van der Waals surface area contributed by atoms with E-state index in [1.807, 2.05) is 17.8 Å². The van der Waals surface area contributed by atoms with Gasteiger partial charge in [0.15, 0.2) is 0 Å². The van der Waals surface area contributed by atoms with Crippen molar-refractivity contribution in [2.24, 2.45) is 7.05 Å². The number of rotatable bonds is 4. The molecule has 0 atom stereocenters. The van der Waals surface area contributed by atoms with E-state index >= 15 is 0 Å². The van der Waals surface area contributed by atoms with Crippen LogP contribution >= 0.6 is 0 Å². The lowest BCUT2D eigenvalue weighted by Crippen LogP contribution is -2.36. The van der Waals surface area contributed by atoms with Gasteiger partial charge in [0.05, 0.1) is 11.5 Å². The summed E-state index contributed by atoms with van der Waals surface area (Å²) in [6.45, 7) is 4.68. The highest BCUT2D eigenvalue weighted by molar-refractivity contribution is 5.89. The van der Waals surface area contributed by atoms with Crippen LogP contribution in [0.15, 0.2) is 12.3 Å². The predicted octanol–water partition coefficient (Wildman–Crippen LogP) is 1.75. The third-order valence-corrected chi connectivity index (χ3v) is 4.00. The Morgan fingerprint density at radius 1 is 1.33 bits per heavy atom. The van der Waals surface area contributed by atoms with E-state index < -0.39 is 0 Å². The molecule has 1 fully saturated rings. The van der Waals surface area contributed by atoms with Gasteiger partial charge in [0.2, 0.25) is 5.95 Å². The molecule has 0 bridgehead atoms. The maximum Gasteiger partial charge on any atom is 0.226 e. The van der Waals surface area contributed by atoms with Crippen molar-refractivity contribution in [1.29, 1.82) is 0 Å². The molecule has 0 spiro atoms. The van der Waals surface area contributed by atoms with E-state index in [-0.39, 0.29) is 6.10 Å². The Labute approximate surface area is 124 Å². The number of aromatic nitrogens is 3. The average Bonchev–Trinajstić information content (AvgIpc) is 2.87. The van der Waals surface area contributed by atoms with Crippen molar-refractivity contribution in [1.82, 2.24) is 14.5 Å². The van der Waals surface area contributed by atoms with Crippen molar-refractivity contribution in [3.63, 3.8) is 0 Å². The van der Waals surface area contributed by atoms with Gasteiger partial charge in [-0.25, -0.2) is 0 Å². The lowest BCUT2D eigenvalue weighted by atomic mass is 10.1. The minimum absolute atomic E-state index is 0.174. The van der Waals surface area contributed by atoms with E-state index in [2.05, 4.69) is 28.2 Å². The first kappa shape index (κ1) is 14.1. The Morgan fingerprint density at radius 2 is 2.10 bits per heavy atom. The fraction of sp³-hybridized carbons (Fsp3) is 0.600. The standard InChI is InChI=1S/C15H23N5O/c1-3-7-16-15-17-13-12(6-8-19(13)2)14(18-15)20-9-4-11(21)5-10-20/h6,8,11,21H,3-5,7,9-10H2,1-2H3,(H,16,17,18). The highest BCUT2D eigenvalue weighted by Crippen LogP contribution is 2.28. The van der Waals surface area contributed by atoms with Gasteiger partial charge in [-0.3, -0.25) is 0 Å². The molecule has 1 aliphatic rings. The number of nitrogens with one attached hydrogen (secondary N) is 1. The van der Waals surface area contributed by atoms with Crippen molar-refractivity contribution >= 4 is 22.8 Å². The average molecular weight is 289 g/mol. The second kappa shape index (κ2) is 5.89. The second-order valence-corrected chi connectivity index (χ2v) is 5.68. The van der Waals surface area contributed by atoms with Crippen LogP contribution in [0, 0.1) is 0 Å². The van der Waals surface area contributed by atoms with Gasteiger partial charge in [0, 0.05) is 32.9 Å². The van der Waals surface area contributed by atoms with Crippen LogP contribution in [0.5, 0.6) is 0 Å². The van der Waals surface area contributed by atoms with Crippen LogP contribution in [0.2, 0.25) is 0 Å². The zero-order valence-electron chi connectivity index (χ0n) is 12.7. The summed E-state index contributed by atoms with van der Waals surface area (Å²) < 4.78 is 2.02. The predicted molar refractivity (Wildman–Crippen MR) is 84.7 cm³/mol. The lowest BCUT2D eigenvalue weighted by molar-refractivity contribution is 0.145. The molecular weight excluding hydrogens is 266 g/mol. The summed E-state index contributed by atoms with van der Waals surface area (Å²) in [5, 5.41) is 14.0. The van der Waals surface area contributed by atoms with Crippen LogP contribution in [-0.2, 0) is 7.05 Å². The number of piperidine rings is 1. The fourth-order valence-corrected chi connectivity index (χ4v) is 2.76. The van der Waals surface area contributed by atoms with Gasteiger partial charge >= 0.3 is 0 Å². The van der Waals surface area contributed by atoms with Crippen LogP contribution in [-0.4, -0.2) is 45.4 Å². The molecule has 6 nitrogen and oxygen atoms in total. The number of aliphatic hydroxyl groups is 1. The van der Waals surface area contributed by atoms with Crippen LogP contribution in [0.4, 0.5) is 11.8 Å².